The molecule has 3 bridgehead atoms. The van der Waals surface area contributed by atoms with Gasteiger partial charge in [0.05, 0.1) is 11.5 Å². The zero-order chi connectivity index (χ0) is 8.29. The van der Waals surface area contributed by atoms with Gasteiger partial charge in [-0.1, -0.05) is 0 Å². The van der Waals surface area contributed by atoms with E-state index in [2.05, 4.69) is 0 Å². The molecule has 2 saturated heterocycles. The molecule has 0 aromatic rings. The highest BCUT2D eigenvalue weighted by Gasteiger charge is 2.54. The third-order valence-corrected chi connectivity index (χ3v) is 6.30. The lowest BCUT2D eigenvalue weighted by Gasteiger charge is -2.36. The van der Waals surface area contributed by atoms with Crippen LogP contribution in [0.1, 0.15) is 19.3 Å². The predicted octanol–water partition coefficient (Wildman–Crippen LogP) is 1.87. The molecule has 1 nitrogen and oxygen atoms in total. The Hall–Kier alpha value is 0.600. The molecule has 3 aliphatic rings. The number of thioether (sulfide) groups is 1. The van der Waals surface area contributed by atoms with E-state index in [0.717, 1.165) is 5.25 Å². The van der Waals surface area contributed by atoms with Crippen LogP contribution < -0.4 is 0 Å². The standard InChI is InChI=1S/C9H13ClOS/c10-8-5-3-7-4(9(5)11)1-2-6(8)12-7/h4-9,11H,1-3H2/t4-,5-,6-,7-,8-,9+/m1/s1. The number of halogens is 1. The fourth-order valence-electron chi connectivity index (χ4n) is 3.11. The van der Waals surface area contributed by atoms with Gasteiger partial charge in [-0.15, -0.1) is 11.6 Å². The van der Waals surface area contributed by atoms with Crippen LogP contribution in [-0.4, -0.2) is 27.1 Å². The Labute approximate surface area is 81.9 Å². The van der Waals surface area contributed by atoms with Crippen molar-refractivity contribution in [3.05, 3.63) is 0 Å². The van der Waals surface area contributed by atoms with Gasteiger partial charge in [-0.2, -0.15) is 11.8 Å². The van der Waals surface area contributed by atoms with Crippen LogP contribution >= 0.6 is 23.4 Å². The minimum atomic E-state index is -0.0856. The second-order valence-corrected chi connectivity index (χ2v) is 6.28. The van der Waals surface area contributed by atoms with Crippen molar-refractivity contribution in [2.75, 3.05) is 0 Å². The molecule has 3 heteroatoms. The smallest absolute Gasteiger partial charge is 0.0622 e. The van der Waals surface area contributed by atoms with Gasteiger partial charge in [0.25, 0.3) is 0 Å². The Morgan fingerprint density at radius 3 is 2.83 bits per heavy atom. The highest BCUT2D eigenvalue weighted by molar-refractivity contribution is 8.00. The maximum Gasteiger partial charge on any atom is 0.0622 e. The Bertz CT molecular complexity index is 205. The van der Waals surface area contributed by atoms with Crippen LogP contribution in [0, 0.1) is 11.8 Å². The molecule has 68 valence electrons. The van der Waals surface area contributed by atoms with Crippen LogP contribution in [-0.2, 0) is 0 Å². The first-order valence-corrected chi connectivity index (χ1v) is 6.13. The summed E-state index contributed by atoms with van der Waals surface area (Å²) >= 11 is 8.36. The number of aliphatic hydroxyl groups excluding tert-OH is 1. The maximum absolute atomic E-state index is 9.96. The van der Waals surface area contributed by atoms with Crippen molar-refractivity contribution in [3.63, 3.8) is 0 Å². The van der Waals surface area contributed by atoms with Crippen molar-refractivity contribution < 1.29 is 5.11 Å². The molecule has 1 saturated carbocycles. The molecule has 2 heterocycles. The molecule has 1 N–H and O–H groups in total. The van der Waals surface area contributed by atoms with E-state index in [1.54, 1.807) is 0 Å². The van der Waals surface area contributed by atoms with Crippen LogP contribution in [0.15, 0.2) is 0 Å². The quantitative estimate of drug-likeness (QED) is 0.608. The van der Waals surface area contributed by atoms with E-state index in [1.165, 1.54) is 19.3 Å². The van der Waals surface area contributed by atoms with Crippen molar-refractivity contribution in [2.24, 2.45) is 11.8 Å². The third kappa shape index (κ3) is 0.865. The number of rotatable bonds is 0. The minimum absolute atomic E-state index is 0.0856. The number of fused-ring (bicyclic) bond motifs is 2. The normalized spacial score (nSPS) is 62.5. The Kier molecular flexibility index (Phi) is 1.69. The first-order valence-electron chi connectivity index (χ1n) is 4.75. The second-order valence-electron chi connectivity index (χ2n) is 4.29. The van der Waals surface area contributed by atoms with Crippen LogP contribution in [0.4, 0.5) is 0 Å². The highest BCUT2D eigenvalue weighted by Crippen LogP contribution is 2.56. The molecule has 3 fully saturated rings. The van der Waals surface area contributed by atoms with Crippen LogP contribution in [0.25, 0.3) is 0 Å². The van der Waals surface area contributed by atoms with E-state index >= 15 is 0 Å². The highest BCUT2D eigenvalue weighted by atomic mass is 35.5. The number of aliphatic hydroxyl groups is 1. The number of alkyl halides is 1. The predicted molar refractivity (Wildman–Crippen MR) is 51.6 cm³/mol. The topological polar surface area (TPSA) is 20.2 Å². The summed E-state index contributed by atoms with van der Waals surface area (Å²) in [5.41, 5.74) is 0. The molecular weight excluding hydrogens is 192 g/mol. The van der Waals surface area contributed by atoms with E-state index in [0.29, 0.717) is 17.1 Å². The molecule has 0 spiro atoms. The molecule has 12 heavy (non-hydrogen) atoms. The van der Waals surface area contributed by atoms with Gasteiger partial charge in [-0.3, -0.25) is 0 Å². The van der Waals surface area contributed by atoms with Crippen LogP contribution in [0.2, 0.25) is 0 Å². The van der Waals surface area contributed by atoms with E-state index in [-0.39, 0.29) is 11.5 Å². The van der Waals surface area contributed by atoms with Gasteiger partial charge in [0.1, 0.15) is 0 Å². The van der Waals surface area contributed by atoms with Crippen molar-refractivity contribution in [2.45, 2.75) is 41.2 Å². The fraction of sp³-hybridized carbons (Fsp3) is 1.00. The maximum atomic E-state index is 9.96. The van der Waals surface area contributed by atoms with Crippen molar-refractivity contribution in [1.82, 2.24) is 0 Å². The van der Waals surface area contributed by atoms with Crippen molar-refractivity contribution >= 4 is 23.4 Å². The summed E-state index contributed by atoms with van der Waals surface area (Å²) in [7, 11) is 0. The molecule has 0 aromatic carbocycles. The summed E-state index contributed by atoms with van der Waals surface area (Å²) < 4.78 is 0. The monoisotopic (exact) mass is 204 g/mol. The van der Waals surface area contributed by atoms with Gasteiger partial charge in [0.2, 0.25) is 0 Å². The number of hydrogen-bond donors (Lipinski definition) is 1. The molecule has 3 rings (SSSR count). The van der Waals surface area contributed by atoms with Gasteiger partial charge in [-0.05, 0) is 25.2 Å². The Morgan fingerprint density at radius 1 is 1.17 bits per heavy atom. The lowest BCUT2D eigenvalue weighted by atomic mass is 9.98. The van der Waals surface area contributed by atoms with Gasteiger partial charge in [0.15, 0.2) is 0 Å². The molecule has 0 unspecified atom stereocenters. The summed E-state index contributed by atoms with van der Waals surface area (Å²) in [5.74, 6) is 0.982. The lowest BCUT2D eigenvalue weighted by molar-refractivity contribution is 0.0967. The molecular formula is C9H13ClOS. The molecule has 1 aliphatic carbocycles. The van der Waals surface area contributed by atoms with Gasteiger partial charge in [0, 0.05) is 16.4 Å². The Morgan fingerprint density at radius 2 is 2.00 bits per heavy atom. The van der Waals surface area contributed by atoms with E-state index in [4.69, 9.17) is 11.6 Å². The average molecular weight is 205 g/mol. The van der Waals surface area contributed by atoms with E-state index in [1.807, 2.05) is 11.8 Å². The first-order chi connectivity index (χ1) is 5.77. The molecule has 0 aromatic heterocycles. The summed E-state index contributed by atoms with van der Waals surface area (Å²) in [6.07, 6.45) is 3.52. The van der Waals surface area contributed by atoms with Gasteiger partial charge >= 0.3 is 0 Å². The van der Waals surface area contributed by atoms with Crippen molar-refractivity contribution in [3.8, 4) is 0 Å². The van der Waals surface area contributed by atoms with Crippen LogP contribution in [0.5, 0.6) is 0 Å². The minimum Gasteiger partial charge on any atom is -0.392 e. The van der Waals surface area contributed by atoms with E-state index in [9.17, 15) is 5.11 Å². The largest absolute Gasteiger partial charge is 0.392 e. The molecule has 6 atom stereocenters. The molecule has 0 radical (unpaired) electrons. The van der Waals surface area contributed by atoms with Crippen LogP contribution in [0.3, 0.4) is 0 Å². The summed E-state index contributed by atoms with van der Waals surface area (Å²) in [5, 5.41) is 11.6. The van der Waals surface area contributed by atoms with Gasteiger partial charge < -0.3 is 5.11 Å². The Balaban J connectivity index is 1.98. The average Bonchev–Trinajstić information content (AvgIpc) is 2.33. The zero-order valence-electron chi connectivity index (χ0n) is 6.82. The molecule has 2 aliphatic heterocycles. The number of hydrogen-bond acceptors (Lipinski definition) is 2. The van der Waals surface area contributed by atoms with E-state index < -0.39 is 0 Å². The lowest BCUT2D eigenvalue weighted by Crippen LogP contribution is -2.34. The first kappa shape index (κ1) is 7.95. The third-order valence-electron chi connectivity index (χ3n) is 3.76. The van der Waals surface area contributed by atoms with Gasteiger partial charge in [-0.25, -0.2) is 0 Å². The zero-order valence-corrected chi connectivity index (χ0v) is 8.39. The SMILES string of the molecule is O[C@@H]1[C@@H]2C[C@H]3S[C@H](CC[C@@H]13)[C@@H]2Cl. The summed E-state index contributed by atoms with van der Waals surface area (Å²) in [6, 6.07) is 0. The second kappa shape index (κ2) is 2.55. The molecule has 0 amide bonds. The summed E-state index contributed by atoms with van der Waals surface area (Å²) in [6.45, 7) is 0. The summed E-state index contributed by atoms with van der Waals surface area (Å²) in [4.78, 5) is 0. The fourth-order valence-corrected chi connectivity index (χ4v) is 5.57. The van der Waals surface area contributed by atoms with Crippen molar-refractivity contribution in [1.29, 1.82) is 0 Å².